The average molecular weight is 372 g/mol. The third kappa shape index (κ3) is 5.54. The SMILES string of the molecule is CN=C(NCCc1csc(C)n1)NCC1CCCN1Cc1ccccc1. The molecular formula is C20H29N5S. The molecule has 1 aliphatic heterocycles. The fraction of sp³-hybridized carbons (Fsp3) is 0.500. The van der Waals surface area contributed by atoms with Crippen molar-refractivity contribution in [3.8, 4) is 0 Å². The Morgan fingerprint density at radius 2 is 2.15 bits per heavy atom. The molecule has 1 aliphatic rings. The van der Waals surface area contributed by atoms with Crippen LogP contribution in [-0.4, -0.2) is 48.6 Å². The number of nitrogens with one attached hydrogen (secondary N) is 2. The highest BCUT2D eigenvalue weighted by Crippen LogP contribution is 2.19. The molecule has 0 aliphatic carbocycles. The lowest BCUT2D eigenvalue weighted by atomic mass is 10.2. The minimum absolute atomic E-state index is 0.565. The number of hydrogen-bond acceptors (Lipinski definition) is 4. The van der Waals surface area contributed by atoms with Gasteiger partial charge < -0.3 is 10.6 Å². The van der Waals surface area contributed by atoms with Gasteiger partial charge in [-0.05, 0) is 31.9 Å². The van der Waals surface area contributed by atoms with Crippen molar-refractivity contribution in [1.82, 2.24) is 20.5 Å². The number of aliphatic imine (C=N–C) groups is 1. The standard InChI is InChI=1S/C20H29N5S/c1-16-24-18(15-26-16)10-11-22-20(21-2)23-13-19-9-6-12-25(19)14-17-7-4-3-5-8-17/h3-5,7-8,15,19H,6,9-14H2,1-2H3,(H2,21,22,23). The van der Waals surface area contributed by atoms with Crippen LogP contribution in [0, 0.1) is 6.92 Å². The fourth-order valence-corrected chi connectivity index (χ4v) is 4.07. The Balaban J connectivity index is 1.42. The van der Waals surface area contributed by atoms with Crippen molar-refractivity contribution in [2.45, 2.75) is 38.8 Å². The molecule has 1 atom stereocenters. The Labute approximate surface area is 160 Å². The summed E-state index contributed by atoms with van der Waals surface area (Å²) in [6.07, 6.45) is 3.44. The van der Waals surface area contributed by atoms with Gasteiger partial charge in [0.25, 0.3) is 0 Å². The van der Waals surface area contributed by atoms with Gasteiger partial charge in [-0.3, -0.25) is 9.89 Å². The Morgan fingerprint density at radius 1 is 1.31 bits per heavy atom. The number of aromatic nitrogens is 1. The van der Waals surface area contributed by atoms with Crippen molar-refractivity contribution in [2.75, 3.05) is 26.7 Å². The third-order valence-electron chi connectivity index (χ3n) is 4.80. The van der Waals surface area contributed by atoms with Crippen molar-refractivity contribution in [3.05, 3.63) is 52.0 Å². The minimum atomic E-state index is 0.565. The first-order chi connectivity index (χ1) is 12.7. The van der Waals surface area contributed by atoms with Crippen LogP contribution in [0.2, 0.25) is 0 Å². The molecule has 0 amide bonds. The number of benzene rings is 1. The van der Waals surface area contributed by atoms with Gasteiger partial charge in [-0.15, -0.1) is 11.3 Å². The van der Waals surface area contributed by atoms with E-state index in [1.54, 1.807) is 11.3 Å². The molecule has 6 heteroatoms. The molecule has 5 nitrogen and oxygen atoms in total. The minimum Gasteiger partial charge on any atom is -0.356 e. The number of aryl methyl sites for hydroxylation is 1. The van der Waals surface area contributed by atoms with Crippen LogP contribution in [0.1, 0.15) is 29.1 Å². The predicted molar refractivity (Wildman–Crippen MR) is 110 cm³/mol. The van der Waals surface area contributed by atoms with E-state index in [2.05, 4.69) is 61.2 Å². The Kier molecular flexibility index (Phi) is 7.03. The molecule has 2 aromatic rings. The van der Waals surface area contributed by atoms with Crippen LogP contribution in [0.5, 0.6) is 0 Å². The quantitative estimate of drug-likeness (QED) is 0.580. The van der Waals surface area contributed by atoms with E-state index in [1.807, 2.05) is 14.0 Å². The monoisotopic (exact) mass is 371 g/mol. The first kappa shape index (κ1) is 18.9. The van der Waals surface area contributed by atoms with Gasteiger partial charge in [-0.25, -0.2) is 4.98 Å². The highest BCUT2D eigenvalue weighted by atomic mass is 32.1. The molecule has 2 heterocycles. The van der Waals surface area contributed by atoms with Crippen LogP contribution >= 0.6 is 11.3 Å². The molecule has 0 saturated carbocycles. The molecule has 1 aromatic heterocycles. The van der Waals surface area contributed by atoms with E-state index >= 15 is 0 Å². The second kappa shape index (κ2) is 9.69. The summed E-state index contributed by atoms with van der Waals surface area (Å²) in [6, 6.07) is 11.3. The van der Waals surface area contributed by atoms with Crippen molar-refractivity contribution < 1.29 is 0 Å². The molecule has 0 radical (unpaired) electrons. The fourth-order valence-electron chi connectivity index (χ4n) is 3.42. The van der Waals surface area contributed by atoms with Crippen LogP contribution in [0.25, 0.3) is 0 Å². The molecule has 2 N–H and O–H groups in total. The number of rotatable bonds is 7. The highest BCUT2D eigenvalue weighted by Gasteiger charge is 2.24. The molecule has 1 saturated heterocycles. The van der Waals surface area contributed by atoms with E-state index in [9.17, 15) is 0 Å². The van der Waals surface area contributed by atoms with Crippen molar-refractivity contribution in [3.63, 3.8) is 0 Å². The number of guanidine groups is 1. The molecule has 3 rings (SSSR count). The highest BCUT2D eigenvalue weighted by molar-refractivity contribution is 7.09. The smallest absolute Gasteiger partial charge is 0.191 e. The summed E-state index contributed by atoms with van der Waals surface area (Å²) < 4.78 is 0. The maximum atomic E-state index is 4.50. The topological polar surface area (TPSA) is 52.6 Å². The van der Waals surface area contributed by atoms with Gasteiger partial charge in [0.15, 0.2) is 5.96 Å². The Morgan fingerprint density at radius 3 is 2.88 bits per heavy atom. The Hall–Kier alpha value is -1.92. The normalized spacial score (nSPS) is 18.2. The van der Waals surface area contributed by atoms with Gasteiger partial charge in [0.2, 0.25) is 0 Å². The number of hydrogen-bond donors (Lipinski definition) is 2. The second-order valence-corrected chi connectivity index (χ2v) is 7.80. The zero-order valence-corrected chi connectivity index (χ0v) is 16.6. The lowest BCUT2D eigenvalue weighted by molar-refractivity contribution is 0.245. The number of nitrogens with zero attached hydrogens (tertiary/aromatic N) is 3. The van der Waals surface area contributed by atoms with Gasteiger partial charge in [0, 0.05) is 44.5 Å². The van der Waals surface area contributed by atoms with Gasteiger partial charge in [0.05, 0.1) is 10.7 Å². The van der Waals surface area contributed by atoms with E-state index in [0.717, 1.165) is 42.7 Å². The first-order valence-electron chi connectivity index (χ1n) is 9.38. The summed E-state index contributed by atoms with van der Waals surface area (Å²) in [4.78, 5) is 11.4. The Bertz CT molecular complexity index is 697. The number of thiazole rings is 1. The zero-order chi connectivity index (χ0) is 18.2. The molecule has 140 valence electrons. The molecule has 26 heavy (non-hydrogen) atoms. The van der Waals surface area contributed by atoms with E-state index in [4.69, 9.17) is 0 Å². The van der Waals surface area contributed by atoms with Crippen LogP contribution in [0.4, 0.5) is 0 Å². The van der Waals surface area contributed by atoms with Gasteiger partial charge in [-0.1, -0.05) is 30.3 Å². The lowest BCUT2D eigenvalue weighted by Gasteiger charge is -2.25. The predicted octanol–water partition coefficient (Wildman–Crippen LogP) is 2.82. The van der Waals surface area contributed by atoms with Crippen LogP contribution in [0.15, 0.2) is 40.7 Å². The number of likely N-dealkylation sites (tertiary alicyclic amines) is 1. The molecule has 0 spiro atoms. The van der Waals surface area contributed by atoms with Crippen molar-refractivity contribution >= 4 is 17.3 Å². The summed E-state index contributed by atoms with van der Waals surface area (Å²) in [5.74, 6) is 0.878. The lowest BCUT2D eigenvalue weighted by Crippen LogP contribution is -2.45. The average Bonchev–Trinajstić information content (AvgIpc) is 3.27. The molecule has 0 bridgehead atoms. The molecular weight excluding hydrogens is 342 g/mol. The molecule has 1 unspecified atom stereocenters. The molecule has 1 fully saturated rings. The largest absolute Gasteiger partial charge is 0.356 e. The van der Waals surface area contributed by atoms with Gasteiger partial charge in [-0.2, -0.15) is 0 Å². The maximum Gasteiger partial charge on any atom is 0.191 e. The van der Waals surface area contributed by atoms with E-state index < -0.39 is 0 Å². The zero-order valence-electron chi connectivity index (χ0n) is 15.7. The van der Waals surface area contributed by atoms with Crippen LogP contribution in [-0.2, 0) is 13.0 Å². The van der Waals surface area contributed by atoms with Crippen LogP contribution < -0.4 is 10.6 Å². The van der Waals surface area contributed by atoms with E-state index in [-0.39, 0.29) is 0 Å². The van der Waals surface area contributed by atoms with Gasteiger partial charge >= 0.3 is 0 Å². The third-order valence-corrected chi connectivity index (χ3v) is 5.62. The second-order valence-electron chi connectivity index (χ2n) is 6.74. The summed E-state index contributed by atoms with van der Waals surface area (Å²) in [5, 5.41) is 10.2. The summed E-state index contributed by atoms with van der Waals surface area (Å²) in [6.45, 7) is 6.03. The summed E-state index contributed by atoms with van der Waals surface area (Å²) in [5.41, 5.74) is 2.54. The van der Waals surface area contributed by atoms with Gasteiger partial charge in [0.1, 0.15) is 0 Å². The van der Waals surface area contributed by atoms with E-state index in [0.29, 0.717) is 6.04 Å². The van der Waals surface area contributed by atoms with Crippen LogP contribution in [0.3, 0.4) is 0 Å². The summed E-state index contributed by atoms with van der Waals surface area (Å²) in [7, 11) is 1.83. The van der Waals surface area contributed by atoms with E-state index in [1.165, 1.54) is 24.9 Å². The molecule has 1 aromatic carbocycles. The van der Waals surface area contributed by atoms with Crippen molar-refractivity contribution in [1.29, 1.82) is 0 Å². The first-order valence-corrected chi connectivity index (χ1v) is 10.3. The van der Waals surface area contributed by atoms with Crippen molar-refractivity contribution in [2.24, 2.45) is 4.99 Å². The maximum absolute atomic E-state index is 4.50. The summed E-state index contributed by atoms with van der Waals surface area (Å²) >= 11 is 1.71.